The van der Waals surface area contributed by atoms with E-state index >= 15 is 0 Å². The van der Waals surface area contributed by atoms with E-state index in [9.17, 15) is 9.59 Å². The SMILES string of the molecule is C#CC.CC#CC.CCCNc1nc(N)ncc1C(=O)OCC.CCCNc1nc(Nc2ccc(C#N)cc2)ncc1C(=O)OCC. The van der Waals surface area contributed by atoms with Crippen LogP contribution >= 0.6 is 0 Å². The normalized spacial score (nSPS) is 8.87. The average Bonchev–Trinajstić information content (AvgIpc) is 3.07. The Balaban J connectivity index is 0.000000790. The van der Waals surface area contributed by atoms with Crippen molar-refractivity contribution in [1.82, 2.24) is 19.9 Å². The van der Waals surface area contributed by atoms with Crippen molar-refractivity contribution in [3.05, 3.63) is 53.3 Å². The van der Waals surface area contributed by atoms with Crippen LogP contribution in [0.4, 0.5) is 29.2 Å². The Morgan fingerprint density at radius 3 is 1.72 bits per heavy atom. The summed E-state index contributed by atoms with van der Waals surface area (Å²) in [4.78, 5) is 39.8. The number of benzene rings is 1. The summed E-state index contributed by atoms with van der Waals surface area (Å²) >= 11 is 0. The van der Waals surface area contributed by atoms with Crippen LogP contribution in [0.2, 0.25) is 0 Å². The topological polar surface area (TPSA) is 190 Å². The van der Waals surface area contributed by atoms with Crippen LogP contribution < -0.4 is 21.7 Å². The highest BCUT2D eigenvalue weighted by Crippen LogP contribution is 2.19. The number of nitrogens with one attached hydrogen (secondary N) is 3. The second-order valence-corrected chi connectivity index (χ2v) is 8.84. The average molecular weight is 644 g/mol. The van der Waals surface area contributed by atoms with Crippen molar-refractivity contribution in [2.75, 3.05) is 48.0 Å². The molecule has 5 N–H and O–H groups in total. The number of hydrogen-bond acceptors (Lipinski definition) is 13. The van der Waals surface area contributed by atoms with E-state index in [4.69, 9.17) is 20.5 Å². The first kappa shape index (κ1) is 41.1. The molecule has 0 saturated carbocycles. The van der Waals surface area contributed by atoms with Gasteiger partial charge in [-0.3, -0.25) is 0 Å². The molecule has 0 unspecified atom stereocenters. The van der Waals surface area contributed by atoms with Gasteiger partial charge in [0.1, 0.15) is 22.8 Å². The Morgan fingerprint density at radius 2 is 1.30 bits per heavy atom. The van der Waals surface area contributed by atoms with Crippen LogP contribution in [0.15, 0.2) is 36.7 Å². The van der Waals surface area contributed by atoms with Crippen LogP contribution in [-0.2, 0) is 9.47 Å². The van der Waals surface area contributed by atoms with Crippen molar-refractivity contribution in [2.24, 2.45) is 0 Å². The molecule has 250 valence electrons. The lowest BCUT2D eigenvalue weighted by Crippen LogP contribution is -2.13. The molecule has 47 heavy (non-hydrogen) atoms. The molecule has 2 aromatic heterocycles. The number of esters is 2. The van der Waals surface area contributed by atoms with Gasteiger partial charge in [0, 0.05) is 31.2 Å². The lowest BCUT2D eigenvalue weighted by Gasteiger charge is -2.12. The molecule has 13 nitrogen and oxygen atoms in total. The maximum Gasteiger partial charge on any atom is 0.343 e. The van der Waals surface area contributed by atoms with E-state index in [1.54, 1.807) is 45.0 Å². The Labute approximate surface area is 278 Å². The van der Waals surface area contributed by atoms with Crippen molar-refractivity contribution in [1.29, 1.82) is 5.26 Å². The third-order valence-electron chi connectivity index (χ3n) is 5.19. The van der Waals surface area contributed by atoms with Crippen LogP contribution in [0.1, 0.15) is 87.6 Å². The maximum absolute atomic E-state index is 12.0. The van der Waals surface area contributed by atoms with Crippen LogP contribution in [0, 0.1) is 35.5 Å². The molecule has 0 atom stereocenters. The summed E-state index contributed by atoms with van der Waals surface area (Å²) in [5, 5.41) is 18.0. The first-order chi connectivity index (χ1) is 22.7. The van der Waals surface area contributed by atoms with Crippen LogP contribution in [0.25, 0.3) is 0 Å². The predicted molar refractivity (Wildman–Crippen MR) is 186 cm³/mol. The van der Waals surface area contributed by atoms with E-state index in [-0.39, 0.29) is 12.6 Å². The summed E-state index contributed by atoms with van der Waals surface area (Å²) in [7, 11) is 0. The molecule has 0 aliphatic rings. The largest absolute Gasteiger partial charge is 0.462 e. The van der Waals surface area contributed by atoms with E-state index in [2.05, 4.69) is 66.1 Å². The minimum absolute atomic E-state index is 0.131. The molecular formula is C34H45N9O4. The van der Waals surface area contributed by atoms with Gasteiger partial charge in [-0.2, -0.15) is 15.2 Å². The Bertz CT molecular complexity index is 1510. The number of carbonyl (C=O) groups is 2. The van der Waals surface area contributed by atoms with Crippen molar-refractivity contribution in [3.8, 4) is 30.3 Å². The molecule has 0 bridgehead atoms. The molecule has 0 saturated heterocycles. The molecule has 1 aromatic carbocycles. The highest BCUT2D eigenvalue weighted by atomic mass is 16.5. The zero-order valence-corrected chi connectivity index (χ0v) is 28.2. The van der Waals surface area contributed by atoms with E-state index < -0.39 is 11.9 Å². The second-order valence-electron chi connectivity index (χ2n) is 8.84. The molecule has 3 rings (SSSR count). The molecule has 13 heteroatoms. The van der Waals surface area contributed by atoms with Crippen molar-refractivity contribution < 1.29 is 19.1 Å². The number of terminal acetylenes is 1. The summed E-state index contributed by atoms with van der Waals surface area (Å²) in [6.07, 6.45) is 9.23. The monoisotopic (exact) mass is 643 g/mol. The number of hydrogen-bond donors (Lipinski definition) is 4. The number of nitriles is 1. The number of ether oxygens (including phenoxy) is 2. The molecule has 0 aliphatic heterocycles. The second kappa shape index (κ2) is 25.5. The van der Waals surface area contributed by atoms with E-state index in [0.717, 1.165) is 18.5 Å². The van der Waals surface area contributed by atoms with Gasteiger partial charge < -0.3 is 31.2 Å². The van der Waals surface area contributed by atoms with Crippen molar-refractivity contribution in [3.63, 3.8) is 0 Å². The van der Waals surface area contributed by atoms with Gasteiger partial charge in [-0.15, -0.1) is 24.2 Å². The predicted octanol–water partition coefficient (Wildman–Crippen LogP) is 5.82. The molecular weight excluding hydrogens is 598 g/mol. The lowest BCUT2D eigenvalue weighted by atomic mass is 10.2. The van der Waals surface area contributed by atoms with E-state index in [0.29, 0.717) is 54.0 Å². The van der Waals surface area contributed by atoms with Crippen LogP contribution in [-0.4, -0.2) is 58.2 Å². The first-order valence-electron chi connectivity index (χ1n) is 15.0. The Morgan fingerprint density at radius 1 is 0.830 bits per heavy atom. The van der Waals surface area contributed by atoms with Crippen LogP contribution in [0.3, 0.4) is 0 Å². The van der Waals surface area contributed by atoms with Crippen LogP contribution in [0.5, 0.6) is 0 Å². The zero-order chi connectivity index (χ0) is 35.5. The summed E-state index contributed by atoms with van der Waals surface area (Å²) in [5.41, 5.74) is 7.39. The number of carbonyl (C=O) groups excluding carboxylic acids is 2. The molecule has 0 spiro atoms. The van der Waals surface area contributed by atoms with Crippen molar-refractivity contribution in [2.45, 2.75) is 61.3 Å². The first-order valence-corrected chi connectivity index (χ1v) is 15.0. The van der Waals surface area contributed by atoms with Gasteiger partial charge in [-0.1, -0.05) is 13.8 Å². The number of nitrogens with zero attached hydrogens (tertiary/aromatic N) is 5. The number of nitrogen functional groups attached to an aromatic ring is 1. The third kappa shape index (κ3) is 16.7. The molecule has 2 heterocycles. The fourth-order valence-corrected chi connectivity index (χ4v) is 3.07. The number of nitrogens with two attached hydrogens (primary N) is 1. The summed E-state index contributed by atoms with van der Waals surface area (Å²) in [5.74, 6) is 8.05. The fraction of sp³-hybridized carbons (Fsp3) is 0.382. The number of anilines is 5. The number of rotatable bonds is 12. The third-order valence-corrected chi connectivity index (χ3v) is 5.19. The van der Waals surface area contributed by atoms with Crippen molar-refractivity contribution >= 4 is 41.2 Å². The molecule has 0 radical (unpaired) electrons. The standard InChI is InChI=1S/C17H19N5O2.C10H16N4O2.C4H6.C3H4/c1-3-9-19-15-14(16(23)24-4-2)11-20-17(22-15)21-13-7-5-12(10-18)6-8-13;1-3-5-12-8-7(9(15)16-4-2)6-13-10(11)14-8;1-3-4-2;1-3-2/h5-8,11H,3-4,9H2,1-2H3,(H2,19,20,21,22);6H,3-5H2,1-2H3,(H3,11,12,13,14);1-2H3;1H,2H3. The van der Waals surface area contributed by atoms with Gasteiger partial charge in [0.25, 0.3) is 0 Å². The Kier molecular flexibility index (Phi) is 22.3. The van der Waals surface area contributed by atoms with Gasteiger partial charge in [-0.05, 0) is 71.7 Å². The van der Waals surface area contributed by atoms with Gasteiger partial charge >= 0.3 is 11.9 Å². The molecule has 0 fully saturated rings. The Hall–Kier alpha value is -5.87. The molecule has 0 amide bonds. The van der Waals surface area contributed by atoms with E-state index in [1.165, 1.54) is 12.4 Å². The lowest BCUT2D eigenvalue weighted by molar-refractivity contribution is 0.0517. The highest BCUT2D eigenvalue weighted by molar-refractivity contribution is 5.95. The number of aromatic nitrogens is 4. The molecule has 0 aliphatic carbocycles. The smallest absolute Gasteiger partial charge is 0.343 e. The summed E-state index contributed by atoms with van der Waals surface area (Å²) in [6, 6.07) is 8.99. The quantitative estimate of drug-likeness (QED) is 0.137. The van der Waals surface area contributed by atoms with Gasteiger partial charge in [-0.25, -0.2) is 19.6 Å². The van der Waals surface area contributed by atoms with Gasteiger partial charge in [0.15, 0.2) is 0 Å². The maximum atomic E-state index is 12.0. The summed E-state index contributed by atoms with van der Waals surface area (Å²) < 4.78 is 9.91. The minimum atomic E-state index is -0.457. The van der Waals surface area contributed by atoms with E-state index in [1.807, 2.05) is 27.7 Å². The minimum Gasteiger partial charge on any atom is -0.462 e. The highest BCUT2D eigenvalue weighted by Gasteiger charge is 2.16. The summed E-state index contributed by atoms with van der Waals surface area (Å²) in [6.45, 7) is 14.8. The molecule has 3 aromatic rings. The van der Waals surface area contributed by atoms with Gasteiger partial charge in [0.05, 0.1) is 24.8 Å². The zero-order valence-electron chi connectivity index (χ0n) is 28.2. The van der Waals surface area contributed by atoms with Gasteiger partial charge in [0.2, 0.25) is 11.9 Å². The fourth-order valence-electron chi connectivity index (χ4n) is 3.07.